The van der Waals surface area contributed by atoms with Gasteiger partial charge in [-0.2, -0.15) is 11.8 Å². The third-order valence-electron chi connectivity index (χ3n) is 4.31. The van der Waals surface area contributed by atoms with E-state index in [4.69, 9.17) is 14.2 Å². The van der Waals surface area contributed by atoms with Crippen LogP contribution in [-0.4, -0.2) is 44.0 Å². The Morgan fingerprint density at radius 2 is 2.14 bits per heavy atom. The number of hydrogen-bond donors (Lipinski definition) is 1. The van der Waals surface area contributed by atoms with Crippen molar-refractivity contribution in [2.45, 2.75) is 30.9 Å². The summed E-state index contributed by atoms with van der Waals surface area (Å²) in [7, 11) is 3.33. The Labute approximate surface area is 130 Å². The summed E-state index contributed by atoms with van der Waals surface area (Å²) in [6, 6.07) is 6.47. The van der Waals surface area contributed by atoms with Crippen molar-refractivity contribution in [2.75, 3.05) is 37.6 Å². The minimum Gasteiger partial charge on any atom is -0.493 e. The molecule has 0 saturated carbocycles. The Morgan fingerprint density at radius 1 is 1.29 bits per heavy atom. The zero-order valence-corrected chi connectivity index (χ0v) is 13.5. The predicted octanol–water partition coefficient (Wildman–Crippen LogP) is 3.17. The number of methoxy groups -OCH3 is 2. The maximum absolute atomic E-state index is 6.07. The molecule has 4 nitrogen and oxygen atoms in total. The molecule has 0 bridgehead atoms. The highest BCUT2D eigenvalue weighted by molar-refractivity contribution is 7.99. The Kier molecular flexibility index (Phi) is 4.50. The van der Waals surface area contributed by atoms with E-state index in [0.717, 1.165) is 42.4 Å². The van der Waals surface area contributed by atoms with E-state index in [-0.39, 0.29) is 5.60 Å². The fourth-order valence-electron chi connectivity index (χ4n) is 3.18. The lowest BCUT2D eigenvalue weighted by Gasteiger charge is -2.38. The molecule has 1 spiro atoms. The largest absolute Gasteiger partial charge is 0.493 e. The SMILES string of the molecule is COc1ccc(NC2CCOC3(CCSC3)C2)cc1OC. The van der Waals surface area contributed by atoms with E-state index in [9.17, 15) is 0 Å². The summed E-state index contributed by atoms with van der Waals surface area (Å²) in [4.78, 5) is 0. The molecule has 5 heteroatoms. The maximum atomic E-state index is 6.07. The third kappa shape index (κ3) is 3.24. The van der Waals surface area contributed by atoms with E-state index in [0.29, 0.717) is 6.04 Å². The molecule has 1 aromatic carbocycles. The number of rotatable bonds is 4. The molecule has 0 aliphatic carbocycles. The van der Waals surface area contributed by atoms with Crippen molar-refractivity contribution in [3.05, 3.63) is 18.2 Å². The first kappa shape index (κ1) is 14.9. The third-order valence-corrected chi connectivity index (χ3v) is 5.54. The van der Waals surface area contributed by atoms with Gasteiger partial charge in [-0.25, -0.2) is 0 Å². The molecule has 2 heterocycles. The fraction of sp³-hybridized carbons (Fsp3) is 0.625. The van der Waals surface area contributed by atoms with Gasteiger partial charge in [0.05, 0.1) is 19.8 Å². The van der Waals surface area contributed by atoms with Crippen LogP contribution in [-0.2, 0) is 4.74 Å². The first-order valence-corrected chi connectivity index (χ1v) is 8.60. The first-order valence-electron chi connectivity index (χ1n) is 7.45. The van der Waals surface area contributed by atoms with Gasteiger partial charge >= 0.3 is 0 Å². The fourth-order valence-corrected chi connectivity index (χ4v) is 4.55. The van der Waals surface area contributed by atoms with Crippen molar-refractivity contribution < 1.29 is 14.2 Å². The van der Waals surface area contributed by atoms with Gasteiger partial charge < -0.3 is 19.5 Å². The molecule has 0 radical (unpaired) electrons. The molecule has 2 atom stereocenters. The molecular weight excluding hydrogens is 286 g/mol. The molecular formula is C16H23NO3S. The van der Waals surface area contributed by atoms with Crippen LogP contribution in [0.1, 0.15) is 19.3 Å². The minimum atomic E-state index is 0.108. The second kappa shape index (κ2) is 6.36. The van der Waals surface area contributed by atoms with Gasteiger partial charge in [-0.3, -0.25) is 0 Å². The predicted molar refractivity (Wildman–Crippen MR) is 86.8 cm³/mol. The average Bonchev–Trinajstić information content (AvgIpc) is 2.95. The monoisotopic (exact) mass is 309 g/mol. The number of hydrogen-bond acceptors (Lipinski definition) is 5. The molecule has 2 aliphatic rings. The lowest BCUT2D eigenvalue weighted by Crippen LogP contribution is -2.44. The van der Waals surface area contributed by atoms with E-state index in [1.165, 1.54) is 12.2 Å². The van der Waals surface area contributed by atoms with Crippen LogP contribution in [0, 0.1) is 0 Å². The average molecular weight is 309 g/mol. The Hall–Kier alpha value is -1.07. The summed E-state index contributed by atoms with van der Waals surface area (Å²) >= 11 is 2.01. The molecule has 3 rings (SSSR count). The van der Waals surface area contributed by atoms with Gasteiger partial charge in [-0.1, -0.05) is 0 Å². The van der Waals surface area contributed by atoms with Gasteiger partial charge in [-0.15, -0.1) is 0 Å². The standard InChI is InChI=1S/C16H23NO3S/c1-18-14-4-3-12(9-15(14)19-2)17-13-5-7-20-16(10-13)6-8-21-11-16/h3-4,9,13,17H,5-8,10-11H2,1-2H3. The molecule has 116 valence electrons. The normalized spacial score (nSPS) is 28.6. The van der Waals surface area contributed by atoms with Gasteiger partial charge in [0.15, 0.2) is 11.5 Å². The van der Waals surface area contributed by atoms with Crippen LogP contribution in [0.25, 0.3) is 0 Å². The molecule has 2 fully saturated rings. The Bertz CT molecular complexity index is 488. The van der Waals surface area contributed by atoms with E-state index in [2.05, 4.69) is 5.32 Å². The lowest BCUT2D eigenvalue weighted by atomic mass is 9.90. The summed E-state index contributed by atoms with van der Waals surface area (Å²) in [6.07, 6.45) is 3.33. The highest BCUT2D eigenvalue weighted by atomic mass is 32.2. The number of nitrogens with one attached hydrogen (secondary N) is 1. The van der Waals surface area contributed by atoms with E-state index >= 15 is 0 Å². The van der Waals surface area contributed by atoms with Crippen LogP contribution in [0.4, 0.5) is 5.69 Å². The Balaban J connectivity index is 1.68. The smallest absolute Gasteiger partial charge is 0.162 e. The quantitative estimate of drug-likeness (QED) is 0.925. The van der Waals surface area contributed by atoms with Gasteiger partial charge in [0.2, 0.25) is 0 Å². The molecule has 1 N–H and O–H groups in total. The summed E-state index contributed by atoms with van der Waals surface area (Å²) in [5.74, 6) is 3.89. The first-order chi connectivity index (χ1) is 10.2. The van der Waals surface area contributed by atoms with Gasteiger partial charge in [0.25, 0.3) is 0 Å². The van der Waals surface area contributed by atoms with Gasteiger partial charge in [-0.05, 0) is 37.1 Å². The van der Waals surface area contributed by atoms with Crippen LogP contribution in [0.15, 0.2) is 18.2 Å². The van der Waals surface area contributed by atoms with Crippen LogP contribution in [0.3, 0.4) is 0 Å². The van der Waals surface area contributed by atoms with Crippen LogP contribution < -0.4 is 14.8 Å². The minimum absolute atomic E-state index is 0.108. The summed E-state index contributed by atoms with van der Waals surface area (Å²) < 4.78 is 16.7. The van der Waals surface area contributed by atoms with Crippen molar-refractivity contribution >= 4 is 17.4 Å². The van der Waals surface area contributed by atoms with Crippen molar-refractivity contribution in [1.29, 1.82) is 0 Å². The van der Waals surface area contributed by atoms with Gasteiger partial charge in [0, 0.05) is 30.2 Å². The second-order valence-corrected chi connectivity index (χ2v) is 6.84. The molecule has 2 saturated heterocycles. The molecule has 0 aromatic heterocycles. The zero-order valence-electron chi connectivity index (χ0n) is 12.7. The molecule has 21 heavy (non-hydrogen) atoms. The summed E-state index contributed by atoms with van der Waals surface area (Å²) in [5.41, 5.74) is 1.19. The molecule has 2 aliphatic heterocycles. The zero-order chi connectivity index (χ0) is 14.7. The Morgan fingerprint density at radius 3 is 2.86 bits per heavy atom. The van der Waals surface area contributed by atoms with Crippen molar-refractivity contribution in [3.8, 4) is 11.5 Å². The van der Waals surface area contributed by atoms with Crippen LogP contribution in [0.2, 0.25) is 0 Å². The van der Waals surface area contributed by atoms with E-state index < -0.39 is 0 Å². The molecule has 0 amide bonds. The maximum Gasteiger partial charge on any atom is 0.162 e. The highest BCUT2D eigenvalue weighted by Gasteiger charge is 2.40. The number of benzene rings is 1. The van der Waals surface area contributed by atoms with Crippen molar-refractivity contribution in [2.24, 2.45) is 0 Å². The highest BCUT2D eigenvalue weighted by Crippen LogP contribution is 2.39. The van der Waals surface area contributed by atoms with E-state index in [1.54, 1.807) is 14.2 Å². The number of ether oxygens (including phenoxy) is 3. The topological polar surface area (TPSA) is 39.7 Å². The van der Waals surface area contributed by atoms with Crippen LogP contribution >= 0.6 is 11.8 Å². The number of anilines is 1. The number of thioether (sulfide) groups is 1. The summed E-state index contributed by atoms with van der Waals surface area (Å²) in [6.45, 7) is 0.853. The van der Waals surface area contributed by atoms with Crippen molar-refractivity contribution in [1.82, 2.24) is 0 Å². The summed E-state index contributed by atoms with van der Waals surface area (Å²) in [5, 5.41) is 3.63. The van der Waals surface area contributed by atoms with Crippen LogP contribution in [0.5, 0.6) is 11.5 Å². The lowest BCUT2D eigenvalue weighted by molar-refractivity contribution is -0.0628. The van der Waals surface area contributed by atoms with Crippen molar-refractivity contribution in [3.63, 3.8) is 0 Å². The second-order valence-electron chi connectivity index (χ2n) is 5.74. The van der Waals surface area contributed by atoms with E-state index in [1.807, 2.05) is 30.0 Å². The molecule has 2 unspecified atom stereocenters. The van der Waals surface area contributed by atoms with Gasteiger partial charge in [0.1, 0.15) is 0 Å². The molecule has 1 aromatic rings.